The van der Waals surface area contributed by atoms with Crippen LogP contribution in [0.25, 0.3) is 0 Å². The Hall–Kier alpha value is -2.32. The second-order valence-electron chi connectivity index (χ2n) is 4.26. The van der Waals surface area contributed by atoms with Crippen molar-refractivity contribution >= 4 is 17.3 Å². The van der Waals surface area contributed by atoms with E-state index in [1.165, 1.54) is 0 Å². The maximum atomic E-state index is 12.5. The van der Waals surface area contributed by atoms with E-state index in [-0.39, 0.29) is 12.1 Å². The van der Waals surface area contributed by atoms with Crippen LogP contribution in [0.4, 0.5) is 24.5 Å². The quantitative estimate of drug-likeness (QED) is 0.624. The number of halogens is 3. The number of anilines is 1. The summed E-state index contributed by atoms with van der Waals surface area (Å²) < 4.78 is 37.5. The molecule has 0 unspecified atom stereocenters. The molecule has 2 N–H and O–H groups in total. The largest absolute Gasteiger partial charge is 0.416 e. The Bertz CT molecular complexity index is 532. The number of hydrazine groups is 1. The Morgan fingerprint density at radius 2 is 2.05 bits per heavy atom. The van der Waals surface area contributed by atoms with Gasteiger partial charge in [-0.2, -0.15) is 13.2 Å². The fourth-order valence-electron chi connectivity index (χ4n) is 1.50. The van der Waals surface area contributed by atoms with Crippen LogP contribution in [0.5, 0.6) is 0 Å². The van der Waals surface area contributed by atoms with Crippen molar-refractivity contribution in [1.29, 1.82) is 0 Å². The molecule has 0 aliphatic rings. The van der Waals surface area contributed by atoms with Gasteiger partial charge in [0.2, 0.25) is 5.91 Å². The third kappa shape index (κ3) is 4.93. The summed E-state index contributed by atoms with van der Waals surface area (Å²) in [5.41, 5.74) is 2.38. The van der Waals surface area contributed by atoms with Crippen LogP contribution in [0.15, 0.2) is 18.2 Å². The number of nitrogens with zero attached hydrogens (tertiary/aromatic N) is 1. The monoisotopic (exact) mass is 305 g/mol. The van der Waals surface area contributed by atoms with Gasteiger partial charge in [0.15, 0.2) is 0 Å². The number of hydrogen-bond acceptors (Lipinski definition) is 4. The smallest absolute Gasteiger partial charge is 0.292 e. The van der Waals surface area contributed by atoms with Crippen LogP contribution in [0, 0.1) is 10.1 Å². The standard InChI is InChI=1S/C12H14F3N3O3/c1-2-3-4-11(19)17-16-9-6-5-8(12(13,14)15)7-10(9)18(20)21/h5-7,16H,2-4H2,1H3,(H,17,19). The zero-order chi connectivity index (χ0) is 16.0. The SMILES string of the molecule is CCCCC(=O)NNc1ccc(C(F)(F)F)cc1[N+](=O)[O-]. The molecule has 0 saturated carbocycles. The first kappa shape index (κ1) is 16.7. The van der Waals surface area contributed by atoms with E-state index in [1.54, 1.807) is 0 Å². The molecule has 21 heavy (non-hydrogen) atoms. The van der Waals surface area contributed by atoms with Crippen molar-refractivity contribution in [3.05, 3.63) is 33.9 Å². The van der Waals surface area contributed by atoms with Gasteiger partial charge in [-0.05, 0) is 18.6 Å². The molecule has 0 atom stereocenters. The molecule has 0 radical (unpaired) electrons. The molecule has 9 heteroatoms. The number of nitro benzene ring substituents is 1. The molecular formula is C12H14F3N3O3. The number of alkyl halides is 3. The van der Waals surface area contributed by atoms with E-state index in [0.717, 1.165) is 12.5 Å². The Morgan fingerprint density at radius 1 is 1.38 bits per heavy atom. The average molecular weight is 305 g/mol. The Balaban J connectivity index is 2.87. The number of carbonyl (C=O) groups is 1. The number of hydrogen-bond donors (Lipinski definition) is 2. The first-order valence-corrected chi connectivity index (χ1v) is 6.16. The van der Waals surface area contributed by atoms with Crippen molar-refractivity contribution in [1.82, 2.24) is 5.43 Å². The fourth-order valence-corrected chi connectivity index (χ4v) is 1.50. The summed E-state index contributed by atoms with van der Waals surface area (Å²) in [6, 6.07) is 2.02. The molecule has 0 spiro atoms. The number of nitro groups is 1. The lowest BCUT2D eigenvalue weighted by molar-refractivity contribution is -0.384. The van der Waals surface area contributed by atoms with Crippen LogP contribution in [-0.2, 0) is 11.0 Å². The summed E-state index contributed by atoms with van der Waals surface area (Å²) in [5, 5.41) is 10.8. The molecule has 0 saturated heterocycles. The molecule has 0 bridgehead atoms. The van der Waals surface area contributed by atoms with Crippen LogP contribution >= 0.6 is 0 Å². The first-order chi connectivity index (χ1) is 9.75. The summed E-state index contributed by atoms with van der Waals surface area (Å²) in [6.45, 7) is 1.89. The van der Waals surface area contributed by atoms with Crippen LogP contribution in [0.3, 0.4) is 0 Å². The van der Waals surface area contributed by atoms with Crippen LogP contribution < -0.4 is 10.9 Å². The lowest BCUT2D eigenvalue weighted by Gasteiger charge is -2.11. The van der Waals surface area contributed by atoms with Gasteiger partial charge in [-0.3, -0.25) is 25.8 Å². The van der Waals surface area contributed by atoms with Crippen molar-refractivity contribution in [2.24, 2.45) is 0 Å². The van der Waals surface area contributed by atoms with Gasteiger partial charge in [0, 0.05) is 12.5 Å². The number of carbonyl (C=O) groups excluding carboxylic acids is 1. The van der Waals surface area contributed by atoms with Gasteiger partial charge in [-0.25, -0.2) is 0 Å². The number of amides is 1. The highest BCUT2D eigenvalue weighted by Gasteiger charge is 2.33. The molecule has 0 heterocycles. The number of rotatable bonds is 6. The maximum absolute atomic E-state index is 12.5. The highest BCUT2D eigenvalue weighted by Crippen LogP contribution is 2.34. The third-order valence-electron chi connectivity index (χ3n) is 2.62. The summed E-state index contributed by atoms with van der Waals surface area (Å²) >= 11 is 0. The lowest BCUT2D eigenvalue weighted by atomic mass is 10.1. The van der Waals surface area contributed by atoms with Gasteiger partial charge in [-0.1, -0.05) is 13.3 Å². The molecule has 1 aromatic carbocycles. The van der Waals surface area contributed by atoms with Crippen molar-refractivity contribution in [3.63, 3.8) is 0 Å². The topological polar surface area (TPSA) is 84.3 Å². The number of nitrogens with one attached hydrogen (secondary N) is 2. The molecule has 1 rings (SSSR count). The lowest BCUT2D eigenvalue weighted by Crippen LogP contribution is -2.29. The first-order valence-electron chi connectivity index (χ1n) is 6.16. The van der Waals surface area contributed by atoms with E-state index >= 15 is 0 Å². The Labute approximate surface area is 118 Å². The third-order valence-corrected chi connectivity index (χ3v) is 2.62. The van der Waals surface area contributed by atoms with Gasteiger partial charge in [0.25, 0.3) is 5.69 Å². The van der Waals surface area contributed by atoms with Gasteiger partial charge in [0.1, 0.15) is 5.69 Å². The van der Waals surface area contributed by atoms with Crippen LogP contribution in [-0.4, -0.2) is 10.8 Å². The molecule has 1 amide bonds. The zero-order valence-electron chi connectivity index (χ0n) is 11.2. The van der Waals surface area contributed by atoms with Crippen molar-refractivity contribution in [3.8, 4) is 0 Å². The fraction of sp³-hybridized carbons (Fsp3) is 0.417. The maximum Gasteiger partial charge on any atom is 0.416 e. The van der Waals surface area contributed by atoms with E-state index in [2.05, 4.69) is 10.9 Å². The number of unbranched alkanes of at least 4 members (excludes halogenated alkanes) is 1. The summed E-state index contributed by atoms with van der Waals surface area (Å²) in [6.07, 6.45) is -3.01. The second kappa shape index (κ2) is 6.91. The van der Waals surface area contributed by atoms with Gasteiger partial charge in [0.05, 0.1) is 10.5 Å². The van der Waals surface area contributed by atoms with E-state index < -0.39 is 28.3 Å². The van der Waals surface area contributed by atoms with Crippen molar-refractivity contribution < 1.29 is 22.9 Å². The predicted molar refractivity (Wildman–Crippen MR) is 69.4 cm³/mol. The average Bonchev–Trinajstić information content (AvgIpc) is 2.41. The molecule has 116 valence electrons. The highest BCUT2D eigenvalue weighted by atomic mass is 19.4. The van der Waals surface area contributed by atoms with Crippen molar-refractivity contribution in [2.75, 3.05) is 5.43 Å². The summed E-state index contributed by atoms with van der Waals surface area (Å²) in [4.78, 5) is 21.2. The van der Waals surface area contributed by atoms with E-state index in [1.807, 2.05) is 6.92 Å². The minimum atomic E-state index is -4.67. The normalized spacial score (nSPS) is 11.0. The molecule has 0 aliphatic carbocycles. The second-order valence-corrected chi connectivity index (χ2v) is 4.26. The van der Waals surface area contributed by atoms with E-state index in [4.69, 9.17) is 0 Å². The molecule has 6 nitrogen and oxygen atoms in total. The molecule has 1 aromatic rings. The zero-order valence-corrected chi connectivity index (χ0v) is 11.2. The van der Waals surface area contributed by atoms with E-state index in [0.29, 0.717) is 18.6 Å². The van der Waals surface area contributed by atoms with Gasteiger partial charge < -0.3 is 0 Å². The summed E-state index contributed by atoms with van der Waals surface area (Å²) in [5.74, 6) is -0.397. The minimum absolute atomic E-state index is 0.210. The molecule has 0 aromatic heterocycles. The summed E-state index contributed by atoms with van der Waals surface area (Å²) in [7, 11) is 0. The predicted octanol–water partition coefficient (Wildman–Crippen LogP) is 3.25. The molecule has 0 fully saturated rings. The highest BCUT2D eigenvalue weighted by molar-refractivity contribution is 5.78. The Morgan fingerprint density at radius 3 is 2.57 bits per heavy atom. The van der Waals surface area contributed by atoms with Crippen LogP contribution in [0.2, 0.25) is 0 Å². The molecule has 0 aliphatic heterocycles. The minimum Gasteiger partial charge on any atom is -0.292 e. The number of benzene rings is 1. The van der Waals surface area contributed by atoms with Gasteiger partial charge >= 0.3 is 6.18 Å². The van der Waals surface area contributed by atoms with Gasteiger partial charge in [-0.15, -0.1) is 0 Å². The van der Waals surface area contributed by atoms with Crippen LogP contribution in [0.1, 0.15) is 31.7 Å². The Kier molecular flexibility index (Phi) is 5.51. The van der Waals surface area contributed by atoms with Crippen molar-refractivity contribution in [2.45, 2.75) is 32.4 Å². The molecular weight excluding hydrogens is 291 g/mol. The van der Waals surface area contributed by atoms with E-state index in [9.17, 15) is 28.1 Å².